The van der Waals surface area contributed by atoms with Crippen molar-refractivity contribution in [3.05, 3.63) is 41.0 Å². The molecule has 112 valence electrons. The average Bonchev–Trinajstić information content (AvgIpc) is 2.50. The molecule has 21 heavy (non-hydrogen) atoms. The van der Waals surface area contributed by atoms with Crippen molar-refractivity contribution < 1.29 is 9.90 Å². The highest BCUT2D eigenvalue weighted by molar-refractivity contribution is 6.27. The fraction of sp³-hybridized carbons (Fsp3) is 0.375. The number of amides is 1. The molecule has 0 aliphatic carbocycles. The van der Waals surface area contributed by atoms with E-state index in [1.807, 2.05) is 26.0 Å². The number of carbonyl (C=O) groups excluding carboxylic acids is 1. The van der Waals surface area contributed by atoms with E-state index in [1.54, 1.807) is 17.0 Å². The highest BCUT2D eigenvalue weighted by atomic mass is 35.5. The highest BCUT2D eigenvalue weighted by Crippen LogP contribution is 2.24. The predicted molar refractivity (Wildman–Crippen MR) is 83.6 cm³/mol. The van der Waals surface area contributed by atoms with Gasteiger partial charge in [0.25, 0.3) is 0 Å². The molecule has 4 nitrogen and oxygen atoms in total. The fourth-order valence-electron chi connectivity index (χ4n) is 2.08. The van der Waals surface area contributed by atoms with Crippen molar-refractivity contribution in [1.82, 2.24) is 4.90 Å². The van der Waals surface area contributed by atoms with Gasteiger partial charge in [0.15, 0.2) is 0 Å². The van der Waals surface area contributed by atoms with Gasteiger partial charge in [0.2, 0.25) is 5.91 Å². The zero-order valence-corrected chi connectivity index (χ0v) is 13.0. The lowest BCUT2D eigenvalue weighted by molar-refractivity contribution is -0.125. The Bertz CT molecular complexity index is 555. The summed E-state index contributed by atoms with van der Waals surface area (Å²) in [5, 5.41) is 17.9. The molecule has 1 amide bonds. The molecule has 0 radical (unpaired) electrons. The molecular formula is C16H19ClN2O2. The van der Waals surface area contributed by atoms with Crippen molar-refractivity contribution in [2.45, 2.75) is 20.3 Å². The zero-order valence-electron chi connectivity index (χ0n) is 12.3. The summed E-state index contributed by atoms with van der Waals surface area (Å²) in [5.41, 5.74) is 3.16. The van der Waals surface area contributed by atoms with Crippen molar-refractivity contribution in [2.24, 2.45) is 0 Å². The standard InChI is InChI=1S/C16H19ClN2O2/c1-12(2)16(14-6-4-13(11-18)5-7-14)19(8-3-9-20)15(21)10-17/h4-7,20H,3,8-10H2,1-2H3. The number of nitrogens with zero attached hydrogens (tertiary/aromatic N) is 2. The second-order valence-electron chi connectivity index (χ2n) is 4.79. The minimum Gasteiger partial charge on any atom is -0.396 e. The third-order valence-electron chi connectivity index (χ3n) is 2.99. The molecule has 1 rings (SSSR count). The Hall–Kier alpha value is -1.83. The van der Waals surface area contributed by atoms with Gasteiger partial charge in [-0.1, -0.05) is 17.7 Å². The maximum atomic E-state index is 12.1. The summed E-state index contributed by atoms with van der Waals surface area (Å²) in [7, 11) is 0. The molecule has 0 spiro atoms. The van der Waals surface area contributed by atoms with Gasteiger partial charge in [0.05, 0.1) is 11.6 Å². The Morgan fingerprint density at radius 1 is 1.33 bits per heavy atom. The number of alkyl halides is 1. The number of benzene rings is 1. The van der Waals surface area contributed by atoms with Gasteiger partial charge in [-0.2, -0.15) is 5.26 Å². The minimum atomic E-state index is -0.203. The third kappa shape index (κ3) is 4.59. The van der Waals surface area contributed by atoms with Gasteiger partial charge in [-0.25, -0.2) is 0 Å². The number of halogens is 1. The van der Waals surface area contributed by atoms with Crippen molar-refractivity contribution >= 4 is 23.2 Å². The van der Waals surface area contributed by atoms with E-state index in [4.69, 9.17) is 22.0 Å². The van der Waals surface area contributed by atoms with Crippen molar-refractivity contribution in [2.75, 3.05) is 19.0 Å². The first kappa shape index (κ1) is 17.2. The lowest BCUT2D eigenvalue weighted by atomic mass is 10.0. The van der Waals surface area contributed by atoms with Crippen LogP contribution in [0, 0.1) is 11.3 Å². The van der Waals surface area contributed by atoms with Gasteiger partial charge in [-0.05, 0) is 38.0 Å². The monoisotopic (exact) mass is 306 g/mol. The van der Waals surface area contributed by atoms with Crippen molar-refractivity contribution in [3.8, 4) is 6.07 Å². The minimum absolute atomic E-state index is 0.00940. The van der Waals surface area contributed by atoms with Crippen LogP contribution in [0.5, 0.6) is 0 Å². The Morgan fingerprint density at radius 2 is 1.95 bits per heavy atom. The van der Waals surface area contributed by atoms with Crippen LogP contribution in [0.3, 0.4) is 0 Å². The molecule has 0 saturated heterocycles. The summed E-state index contributed by atoms with van der Waals surface area (Å²) in [6, 6.07) is 9.13. The second kappa shape index (κ2) is 8.46. The molecule has 0 unspecified atom stereocenters. The van der Waals surface area contributed by atoms with Crippen LogP contribution in [0.25, 0.3) is 5.70 Å². The zero-order chi connectivity index (χ0) is 15.8. The molecule has 1 aromatic carbocycles. The number of allylic oxidation sites excluding steroid dienone is 1. The van der Waals surface area contributed by atoms with Crippen LogP contribution in [-0.2, 0) is 4.79 Å². The molecule has 0 atom stereocenters. The highest BCUT2D eigenvalue weighted by Gasteiger charge is 2.19. The van der Waals surface area contributed by atoms with Crippen LogP contribution < -0.4 is 0 Å². The lowest BCUT2D eigenvalue weighted by Crippen LogP contribution is -2.32. The van der Waals surface area contributed by atoms with Gasteiger partial charge in [0.1, 0.15) is 5.88 Å². The first-order valence-electron chi connectivity index (χ1n) is 6.70. The van der Waals surface area contributed by atoms with E-state index < -0.39 is 0 Å². The number of aliphatic hydroxyl groups is 1. The quantitative estimate of drug-likeness (QED) is 0.822. The number of nitriles is 1. The molecule has 0 aromatic heterocycles. The van der Waals surface area contributed by atoms with E-state index in [-0.39, 0.29) is 18.4 Å². The third-order valence-corrected chi connectivity index (χ3v) is 3.21. The van der Waals surface area contributed by atoms with Gasteiger partial charge in [0, 0.05) is 18.8 Å². The molecule has 0 saturated carbocycles. The first-order valence-corrected chi connectivity index (χ1v) is 7.23. The van der Waals surface area contributed by atoms with E-state index in [1.165, 1.54) is 0 Å². The van der Waals surface area contributed by atoms with Gasteiger partial charge in [-0.15, -0.1) is 11.6 Å². The molecule has 0 heterocycles. The van der Waals surface area contributed by atoms with Crippen molar-refractivity contribution in [1.29, 1.82) is 5.26 Å². The van der Waals surface area contributed by atoms with E-state index in [0.29, 0.717) is 18.5 Å². The summed E-state index contributed by atoms with van der Waals surface area (Å²) < 4.78 is 0. The Morgan fingerprint density at radius 3 is 2.38 bits per heavy atom. The Kier molecular flexibility index (Phi) is 6.93. The van der Waals surface area contributed by atoms with Crippen molar-refractivity contribution in [3.63, 3.8) is 0 Å². The smallest absolute Gasteiger partial charge is 0.241 e. The molecule has 0 bridgehead atoms. The Balaban J connectivity index is 3.22. The fourth-order valence-corrected chi connectivity index (χ4v) is 2.22. The molecule has 5 heteroatoms. The SMILES string of the molecule is CC(C)=C(c1ccc(C#N)cc1)N(CCCO)C(=O)CCl. The van der Waals surface area contributed by atoms with Gasteiger partial charge >= 0.3 is 0 Å². The molecule has 1 N–H and O–H groups in total. The summed E-state index contributed by atoms with van der Waals surface area (Å²) in [6.45, 7) is 4.25. The summed E-state index contributed by atoms with van der Waals surface area (Å²) >= 11 is 5.69. The second-order valence-corrected chi connectivity index (χ2v) is 5.06. The normalized spacial score (nSPS) is 9.86. The molecule has 1 aromatic rings. The maximum absolute atomic E-state index is 12.1. The van der Waals surface area contributed by atoms with E-state index in [0.717, 1.165) is 16.8 Å². The van der Waals surface area contributed by atoms with Gasteiger partial charge in [-0.3, -0.25) is 4.79 Å². The predicted octanol–water partition coefficient (Wildman–Crippen LogP) is 2.76. The van der Waals surface area contributed by atoms with Crippen LogP contribution in [0.4, 0.5) is 0 Å². The largest absolute Gasteiger partial charge is 0.396 e. The summed E-state index contributed by atoms with van der Waals surface area (Å²) in [6.07, 6.45) is 0.482. The lowest BCUT2D eigenvalue weighted by Gasteiger charge is -2.26. The summed E-state index contributed by atoms with van der Waals surface area (Å²) in [5.74, 6) is -0.316. The maximum Gasteiger partial charge on any atom is 0.241 e. The number of aliphatic hydroxyl groups excluding tert-OH is 1. The molecule has 0 aliphatic heterocycles. The number of carbonyl (C=O) groups is 1. The molecular weight excluding hydrogens is 288 g/mol. The summed E-state index contributed by atoms with van der Waals surface area (Å²) in [4.78, 5) is 13.7. The topological polar surface area (TPSA) is 64.3 Å². The van der Waals surface area contributed by atoms with E-state index >= 15 is 0 Å². The van der Waals surface area contributed by atoms with E-state index in [2.05, 4.69) is 6.07 Å². The number of rotatable bonds is 6. The number of hydrogen-bond donors (Lipinski definition) is 1. The average molecular weight is 307 g/mol. The Labute approximate surface area is 130 Å². The number of hydrogen-bond acceptors (Lipinski definition) is 3. The van der Waals surface area contributed by atoms with Crippen LogP contribution >= 0.6 is 11.6 Å². The molecule has 0 aliphatic rings. The van der Waals surface area contributed by atoms with Crippen LogP contribution in [0.1, 0.15) is 31.4 Å². The van der Waals surface area contributed by atoms with Crippen LogP contribution in [0.15, 0.2) is 29.8 Å². The first-order chi connectivity index (χ1) is 10.0. The van der Waals surface area contributed by atoms with Crippen LogP contribution in [-0.4, -0.2) is 34.9 Å². The van der Waals surface area contributed by atoms with Gasteiger partial charge < -0.3 is 10.0 Å². The van der Waals surface area contributed by atoms with Crippen LogP contribution in [0.2, 0.25) is 0 Å². The molecule has 0 fully saturated rings. The van der Waals surface area contributed by atoms with E-state index in [9.17, 15) is 4.79 Å².